The topological polar surface area (TPSA) is 82.2 Å². The van der Waals surface area contributed by atoms with Crippen LogP contribution in [0.15, 0.2) is 6.20 Å². The standard InChI is InChI=1S/C10H18N4O2/c1-14-7-8(11)9(13-14)10(15)12-5-3-4-6-16-2/h7H,3-6,11H2,1-2H3,(H,12,15). The summed E-state index contributed by atoms with van der Waals surface area (Å²) >= 11 is 0. The fourth-order valence-corrected chi connectivity index (χ4v) is 1.34. The molecule has 16 heavy (non-hydrogen) atoms. The van der Waals surface area contributed by atoms with Crippen molar-refractivity contribution in [2.24, 2.45) is 7.05 Å². The van der Waals surface area contributed by atoms with Crippen LogP contribution >= 0.6 is 0 Å². The Hall–Kier alpha value is -1.56. The molecule has 1 heterocycles. The average Bonchev–Trinajstić information content (AvgIpc) is 2.57. The zero-order chi connectivity index (χ0) is 12.0. The third-order valence-corrected chi connectivity index (χ3v) is 2.13. The molecule has 1 rings (SSSR count). The summed E-state index contributed by atoms with van der Waals surface area (Å²) in [5.41, 5.74) is 6.32. The number of nitrogens with zero attached hydrogens (tertiary/aromatic N) is 2. The van der Waals surface area contributed by atoms with Crippen LogP contribution in [0.5, 0.6) is 0 Å². The van der Waals surface area contributed by atoms with Crippen molar-refractivity contribution in [2.45, 2.75) is 12.8 Å². The molecule has 0 saturated heterocycles. The van der Waals surface area contributed by atoms with Gasteiger partial charge in [0, 0.05) is 33.5 Å². The molecule has 0 aliphatic carbocycles. The van der Waals surface area contributed by atoms with Crippen LogP contribution in [0.2, 0.25) is 0 Å². The molecule has 90 valence electrons. The lowest BCUT2D eigenvalue weighted by atomic mass is 10.3. The summed E-state index contributed by atoms with van der Waals surface area (Å²) in [7, 11) is 3.39. The molecule has 0 aromatic carbocycles. The molecule has 0 aliphatic rings. The molecule has 0 fully saturated rings. The van der Waals surface area contributed by atoms with E-state index in [2.05, 4.69) is 10.4 Å². The number of methoxy groups -OCH3 is 1. The summed E-state index contributed by atoms with van der Waals surface area (Å²) in [5, 5.41) is 6.74. The first-order valence-electron chi connectivity index (χ1n) is 5.21. The van der Waals surface area contributed by atoms with Crippen LogP contribution in [0.3, 0.4) is 0 Å². The van der Waals surface area contributed by atoms with Crippen molar-refractivity contribution in [1.29, 1.82) is 0 Å². The number of nitrogens with one attached hydrogen (secondary N) is 1. The lowest BCUT2D eigenvalue weighted by molar-refractivity contribution is 0.0946. The number of ether oxygens (including phenoxy) is 1. The van der Waals surface area contributed by atoms with E-state index in [0.29, 0.717) is 18.8 Å². The molecule has 0 saturated carbocycles. The molecule has 0 atom stereocenters. The number of hydrogen-bond donors (Lipinski definition) is 2. The zero-order valence-corrected chi connectivity index (χ0v) is 9.69. The van der Waals surface area contributed by atoms with Gasteiger partial charge in [0.15, 0.2) is 5.69 Å². The summed E-state index contributed by atoms with van der Waals surface area (Å²) in [6.45, 7) is 1.32. The van der Waals surface area contributed by atoms with E-state index in [1.165, 1.54) is 4.68 Å². The molecule has 1 aromatic heterocycles. The molecular weight excluding hydrogens is 208 g/mol. The number of anilines is 1. The minimum Gasteiger partial charge on any atom is -0.396 e. The highest BCUT2D eigenvalue weighted by atomic mass is 16.5. The first kappa shape index (κ1) is 12.5. The molecule has 0 radical (unpaired) electrons. The van der Waals surface area contributed by atoms with Crippen molar-refractivity contribution in [3.8, 4) is 0 Å². The number of amides is 1. The van der Waals surface area contributed by atoms with Gasteiger partial charge in [-0.2, -0.15) is 5.10 Å². The van der Waals surface area contributed by atoms with Gasteiger partial charge in [0.1, 0.15) is 0 Å². The first-order valence-corrected chi connectivity index (χ1v) is 5.21. The molecule has 6 heteroatoms. The van der Waals surface area contributed by atoms with Crippen LogP contribution in [-0.2, 0) is 11.8 Å². The van der Waals surface area contributed by atoms with Gasteiger partial charge in [-0.05, 0) is 12.8 Å². The highest BCUT2D eigenvalue weighted by molar-refractivity contribution is 5.96. The molecule has 0 bridgehead atoms. The SMILES string of the molecule is COCCCCNC(=O)c1nn(C)cc1N. The van der Waals surface area contributed by atoms with E-state index in [0.717, 1.165) is 12.8 Å². The second-order valence-corrected chi connectivity index (χ2v) is 3.56. The maximum atomic E-state index is 11.6. The lowest BCUT2D eigenvalue weighted by Crippen LogP contribution is -2.26. The van der Waals surface area contributed by atoms with Crippen LogP contribution in [0.1, 0.15) is 23.3 Å². The number of nitrogen functional groups attached to an aromatic ring is 1. The van der Waals surface area contributed by atoms with Gasteiger partial charge in [0.25, 0.3) is 5.91 Å². The number of nitrogens with two attached hydrogens (primary N) is 1. The Labute approximate surface area is 94.8 Å². The van der Waals surface area contributed by atoms with Crippen LogP contribution in [0, 0.1) is 0 Å². The maximum Gasteiger partial charge on any atom is 0.273 e. The summed E-state index contributed by atoms with van der Waals surface area (Å²) in [6.07, 6.45) is 3.42. The van der Waals surface area contributed by atoms with Gasteiger partial charge in [0.05, 0.1) is 5.69 Å². The van der Waals surface area contributed by atoms with E-state index in [4.69, 9.17) is 10.5 Å². The van der Waals surface area contributed by atoms with Crippen molar-refractivity contribution < 1.29 is 9.53 Å². The molecule has 0 aliphatic heterocycles. The summed E-state index contributed by atoms with van der Waals surface area (Å²) < 4.78 is 6.43. The molecular formula is C10H18N4O2. The van der Waals surface area contributed by atoms with Gasteiger partial charge in [0.2, 0.25) is 0 Å². The molecule has 0 unspecified atom stereocenters. The van der Waals surface area contributed by atoms with Crippen LogP contribution < -0.4 is 11.1 Å². The largest absolute Gasteiger partial charge is 0.396 e. The van der Waals surface area contributed by atoms with Gasteiger partial charge >= 0.3 is 0 Å². The summed E-state index contributed by atoms with van der Waals surface area (Å²) in [6, 6.07) is 0. The fraction of sp³-hybridized carbons (Fsp3) is 0.600. The van der Waals surface area contributed by atoms with Crippen molar-refractivity contribution in [1.82, 2.24) is 15.1 Å². The van der Waals surface area contributed by atoms with Gasteiger partial charge in [-0.15, -0.1) is 0 Å². The van der Waals surface area contributed by atoms with Crippen molar-refractivity contribution in [3.05, 3.63) is 11.9 Å². The van der Waals surface area contributed by atoms with E-state index < -0.39 is 0 Å². The minimum absolute atomic E-state index is 0.226. The number of hydrogen-bond acceptors (Lipinski definition) is 4. The number of unbranched alkanes of at least 4 members (excludes halogenated alkanes) is 1. The molecule has 6 nitrogen and oxygen atoms in total. The predicted octanol–water partition coefficient (Wildman–Crippen LogP) is 0.159. The van der Waals surface area contributed by atoms with Gasteiger partial charge in [-0.25, -0.2) is 0 Å². The van der Waals surface area contributed by atoms with E-state index in [1.54, 1.807) is 20.4 Å². The molecule has 1 aromatic rings. The maximum absolute atomic E-state index is 11.6. The molecule has 1 amide bonds. The Balaban J connectivity index is 2.33. The number of aryl methyl sites for hydroxylation is 1. The second-order valence-electron chi connectivity index (χ2n) is 3.56. The van der Waals surface area contributed by atoms with E-state index in [-0.39, 0.29) is 11.6 Å². The Morgan fingerprint density at radius 3 is 2.94 bits per heavy atom. The highest BCUT2D eigenvalue weighted by Gasteiger charge is 2.12. The highest BCUT2D eigenvalue weighted by Crippen LogP contribution is 2.07. The first-order chi connectivity index (χ1) is 7.65. The monoisotopic (exact) mass is 226 g/mol. The van der Waals surface area contributed by atoms with Crippen LogP contribution in [-0.4, -0.2) is 35.9 Å². The molecule has 3 N–H and O–H groups in total. The predicted molar refractivity (Wildman–Crippen MR) is 61.1 cm³/mol. The number of carbonyl (C=O) groups is 1. The quantitative estimate of drug-likeness (QED) is 0.677. The minimum atomic E-state index is -0.226. The Kier molecular flexibility index (Phi) is 4.78. The van der Waals surface area contributed by atoms with Crippen molar-refractivity contribution >= 4 is 11.6 Å². The Morgan fingerprint density at radius 2 is 2.38 bits per heavy atom. The summed E-state index contributed by atoms with van der Waals surface area (Å²) in [4.78, 5) is 11.6. The van der Waals surface area contributed by atoms with E-state index in [9.17, 15) is 4.79 Å². The van der Waals surface area contributed by atoms with E-state index >= 15 is 0 Å². The number of aromatic nitrogens is 2. The second kappa shape index (κ2) is 6.12. The van der Waals surface area contributed by atoms with Crippen LogP contribution in [0.25, 0.3) is 0 Å². The number of carbonyl (C=O) groups excluding carboxylic acids is 1. The zero-order valence-electron chi connectivity index (χ0n) is 9.69. The van der Waals surface area contributed by atoms with Crippen molar-refractivity contribution in [2.75, 3.05) is 26.0 Å². The summed E-state index contributed by atoms with van der Waals surface area (Å²) in [5.74, 6) is -0.226. The number of rotatable bonds is 6. The third-order valence-electron chi connectivity index (χ3n) is 2.13. The lowest BCUT2D eigenvalue weighted by Gasteiger charge is -2.03. The Morgan fingerprint density at radius 1 is 1.62 bits per heavy atom. The third kappa shape index (κ3) is 3.54. The van der Waals surface area contributed by atoms with Crippen LogP contribution in [0.4, 0.5) is 5.69 Å². The van der Waals surface area contributed by atoms with Crippen molar-refractivity contribution in [3.63, 3.8) is 0 Å². The average molecular weight is 226 g/mol. The van der Waals surface area contributed by atoms with Gasteiger partial charge in [-0.3, -0.25) is 9.48 Å². The fourth-order valence-electron chi connectivity index (χ4n) is 1.34. The smallest absolute Gasteiger partial charge is 0.273 e. The normalized spacial score (nSPS) is 10.4. The molecule has 0 spiro atoms. The Bertz CT molecular complexity index is 349. The van der Waals surface area contributed by atoms with Gasteiger partial charge in [-0.1, -0.05) is 0 Å². The van der Waals surface area contributed by atoms with E-state index in [1.807, 2.05) is 0 Å². The van der Waals surface area contributed by atoms with Gasteiger partial charge < -0.3 is 15.8 Å².